The van der Waals surface area contributed by atoms with Crippen molar-refractivity contribution in [3.05, 3.63) is 143 Å². The van der Waals surface area contributed by atoms with Crippen molar-refractivity contribution in [2.45, 2.75) is 91.0 Å². The number of likely N-dealkylation sites (tertiary alicyclic amines) is 1. The van der Waals surface area contributed by atoms with E-state index >= 15 is 0 Å². The predicted molar refractivity (Wildman–Crippen MR) is 279 cm³/mol. The van der Waals surface area contributed by atoms with Gasteiger partial charge in [0.1, 0.15) is 24.4 Å². The Kier molecular flexibility index (Phi) is 18.4. The van der Waals surface area contributed by atoms with Crippen molar-refractivity contribution in [1.82, 2.24) is 30.3 Å². The molecular formula is C56H67ClN6O6S. The lowest BCUT2D eigenvalue weighted by Gasteiger charge is -2.35. The van der Waals surface area contributed by atoms with Crippen LogP contribution in [0.2, 0.25) is 0 Å². The summed E-state index contributed by atoms with van der Waals surface area (Å²) in [6.07, 6.45) is 1.52. The van der Waals surface area contributed by atoms with E-state index < -0.39 is 29.5 Å². The number of rotatable bonds is 20. The SMILES string of the molecule is Cc1ncsc1-c1ccc(CNC(=O)C2CC(O)CN2C(=O)C(NC(=O)CCCCC(=O)N2CCN(CCOc3ccc(/C(=C(/CCCl)c4ccccc4)c4ccccc4)cc3)CC2)C(C)(C)C)cc1. The van der Waals surface area contributed by atoms with Gasteiger partial charge in [0.2, 0.25) is 23.6 Å². The molecule has 0 spiro atoms. The lowest BCUT2D eigenvalue weighted by molar-refractivity contribution is -0.144. The van der Waals surface area contributed by atoms with E-state index in [9.17, 15) is 24.3 Å². The zero-order valence-corrected chi connectivity index (χ0v) is 42.4. The fraction of sp³-hybridized carbons (Fsp3) is 0.411. The number of hydrogen-bond acceptors (Lipinski definition) is 9. The van der Waals surface area contributed by atoms with Crippen LogP contribution < -0.4 is 15.4 Å². The highest BCUT2D eigenvalue weighted by Crippen LogP contribution is 2.36. The largest absolute Gasteiger partial charge is 0.492 e. The fourth-order valence-corrected chi connectivity index (χ4v) is 10.2. The molecule has 7 rings (SSSR count). The van der Waals surface area contributed by atoms with Crippen LogP contribution in [0.1, 0.15) is 87.2 Å². The molecule has 5 aromatic rings. The minimum Gasteiger partial charge on any atom is -0.492 e. The molecule has 1 aromatic heterocycles. The highest BCUT2D eigenvalue weighted by atomic mass is 35.5. The summed E-state index contributed by atoms with van der Waals surface area (Å²) in [4.78, 5) is 65.1. The molecule has 2 aliphatic rings. The summed E-state index contributed by atoms with van der Waals surface area (Å²) in [5.41, 5.74) is 9.83. The zero-order chi connectivity index (χ0) is 49.6. The summed E-state index contributed by atoms with van der Waals surface area (Å²) < 4.78 is 6.20. The predicted octanol–water partition coefficient (Wildman–Crippen LogP) is 8.60. The number of amides is 4. The summed E-state index contributed by atoms with van der Waals surface area (Å²) in [6.45, 7) is 11.9. The minimum atomic E-state index is -0.914. The van der Waals surface area contributed by atoms with E-state index in [1.165, 1.54) is 10.5 Å². The maximum atomic E-state index is 14.1. The van der Waals surface area contributed by atoms with E-state index in [4.69, 9.17) is 16.3 Å². The number of unbranched alkanes of at least 4 members (excludes halogenated alkanes) is 1. The molecule has 3 unspecified atom stereocenters. The molecule has 12 nitrogen and oxygen atoms in total. The normalized spacial score (nSPS) is 17.2. The minimum absolute atomic E-state index is 0.00269. The number of aliphatic hydroxyl groups is 1. The van der Waals surface area contributed by atoms with Crippen molar-refractivity contribution < 1.29 is 29.0 Å². The van der Waals surface area contributed by atoms with Gasteiger partial charge in [0.05, 0.1) is 22.2 Å². The highest BCUT2D eigenvalue weighted by molar-refractivity contribution is 7.13. The van der Waals surface area contributed by atoms with Gasteiger partial charge in [-0.3, -0.25) is 24.1 Å². The van der Waals surface area contributed by atoms with Gasteiger partial charge >= 0.3 is 0 Å². The topological polar surface area (TPSA) is 144 Å². The molecule has 0 aliphatic carbocycles. The fourth-order valence-electron chi connectivity index (χ4n) is 9.23. The van der Waals surface area contributed by atoms with Crippen LogP contribution >= 0.6 is 22.9 Å². The van der Waals surface area contributed by atoms with Crippen LogP contribution in [0, 0.1) is 12.3 Å². The number of aliphatic hydroxyl groups excluding tert-OH is 1. The molecule has 3 atom stereocenters. The molecule has 0 saturated carbocycles. The average molecular weight is 988 g/mol. The number of thiazole rings is 1. The van der Waals surface area contributed by atoms with E-state index in [1.54, 1.807) is 11.3 Å². The molecule has 14 heteroatoms. The molecule has 3 heterocycles. The molecule has 0 bridgehead atoms. The summed E-state index contributed by atoms with van der Waals surface area (Å²) in [7, 11) is 0. The molecule has 2 aliphatic heterocycles. The van der Waals surface area contributed by atoms with Gasteiger partial charge in [-0.25, -0.2) is 4.98 Å². The molecule has 3 N–H and O–H groups in total. The van der Waals surface area contributed by atoms with Crippen molar-refractivity contribution in [1.29, 1.82) is 0 Å². The number of nitrogens with one attached hydrogen (secondary N) is 2. The van der Waals surface area contributed by atoms with Crippen molar-refractivity contribution >= 4 is 57.7 Å². The van der Waals surface area contributed by atoms with Gasteiger partial charge in [-0.1, -0.05) is 118 Å². The first-order valence-corrected chi connectivity index (χ1v) is 25.9. The molecule has 2 saturated heterocycles. The average Bonchev–Trinajstić information content (AvgIpc) is 3.99. The first-order valence-electron chi connectivity index (χ1n) is 24.5. The van der Waals surface area contributed by atoms with E-state index in [2.05, 4.69) is 81.2 Å². The maximum absolute atomic E-state index is 14.1. The van der Waals surface area contributed by atoms with Crippen LogP contribution in [-0.4, -0.2) is 118 Å². The van der Waals surface area contributed by atoms with Gasteiger partial charge < -0.3 is 30.3 Å². The standard InChI is InChI=1S/C56H67ClN6O6S/c1-39-52(70-38-59-39)44-21-19-40(20-22-44)36-58-54(67)48-35-45(64)37-63(48)55(68)53(56(2,3)4)60-49(65)17-11-12-18-50(66)62-31-29-61(30-32-62)33-34-69-46-25-23-43(24-26-46)51(42-15-9-6-10-16-42)47(27-28-57)41-13-7-5-8-14-41/h5-10,13-16,19-26,38,45,48,53,64H,11-12,17-18,27-37H2,1-4H3,(H,58,67)(H,60,65)/b51-47-. The van der Waals surface area contributed by atoms with E-state index in [0.717, 1.165) is 75.8 Å². The second-order valence-corrected chi connectivity index (χ2v) is 20.5. The van der Waals surface area contributed by atoms with Crippen molar-refractivity contribution in [2.75, 3.05) is 51.8 Å². The third-order valence-corrected chi connectivity index (χ3v) is 14.3. The number of nitrogens with zero attached hydrogens (tertiary/aromatic N) is 4. The lowest BCUT2D eigenvalue weighted by atomic mass is 9.85. The number of aryl methyl sites for hydroxylation is 1. The van der Waals surface area contributed by atoms with Crippen LogP contribution in [0.15, 0.2) is 115 Å². The Morgan fingerprint density at radius 1 is 0.829 bits per heavy atom. The lowest BCUT2D eigenvalue weighted by Crippen LogP contribution is -2.57. The third-order valence-electron chi connectivity index (χ3n) is 13.1. The number of hydrogen-bond donors (Lipinski definition) is 3. The number of piperazine rings is 1. The van der Waals surface area contributed by atoms with Gasteiger partial charge in [-0.15, -0.1) is 22.9 Å². The van der Waals surface area contributed by atoms with Gasteiger partial charge in [-0.05, 0) is 82.7 Å². The molecule has 370 valence electrons. The molecule has 4 amide bonds. The quantitative estimate of drug-likeness (QED) is 0.0400. The number of aromatic nitrogens is 1. The van der Waals surface area contributed by atoms with Crippen LogP contribution in [0.25, 0.3) is 21.6 Å². The van der Waals surface area contributed by atoms with E-state index in [1.807, 2.05) is 86.6 Å². The number of carbonyl (C=O) groups is 4. The Bertz CT molecular complexity index is 2540. The third kappa shape index (κ3) is 13.9. The summed E-state index contributed by atoms with van der Waals surface area (Å²) >= 11 is 7.92. The number of benzene rings is 4. The molecule has 4 aromatic carbocycles. The number of ether oxygens (including phenoxy) is 1. The van der Waals surface area contributed by atoms with E-state index in [0.29, 0.717) is 44.8 Å². The first-order chi connectivity index (χ1) is 33.8. The van der Waals surface area contributed by atoms with Gasteiger partial charge in [-0.2, -0.15) is 0 Å². The number of β-amino-alcohol motifs (C(OH)–C–C–N with tert-alkyl or cyclic N) is 1. The molecule has 70 heavy (non-hydrogen) atoms. The Morgan fingerprint density at radius 3 is 2.10 bits per heavy atom. The maximum Gasteiger partial charge on any atom is 0.246 e. The monoisotopic (exact) mass is 986 g/mol. The highest BCUT2D eigenvalue weighted by Gasteiger charge is 2.44. The number of alkyl halides is 1. The van der Waals surface area contributed by atoms with Crippen LogP contribution in [0.5, 0.6) is 5.75 Å². The van der Waals surface area contributed by atoms with Crippen molar-refractivity contribution in [2.24, 2.45) is 5.41 Å². The van der Waals surface area contributed by atoms with E-state index in [-0.39, 0.29) is 43.7 Å². The van der Waals surface area contributed by atoms with Crippen molar-refractivity contribution in [3.8, 4) is 16.2 Å². The Labute approximate surface area is 422 Å². The second-order valence-electron chi connectivity index (χ2n) is 19.3. The Hall–Kier alpha value is -5.86. The Morgan fingerprint density at radius 2 is 1.47 bits per heavy atom. The number of allylic oxidation sites excluding steroid dienone is 1. The van der Waals surface area contributed by atoms with Gasteiger partial charge in [0.25, 0.3) is 0 Å². The van der Waals surface area contributed by atoms with Crippen LogP contribution in [-0.2, 0) is 25.7 Å². The van der Waals surface area contributed by atoms with Gasteiger partial charge in [0.15, 0.2) is 0 Å². The second kappa shape index (κ2) is 24.8. The molecule has 0 radical (unpaired) electrons. The van der Waals surface area contributed by atoms with Crippen molar-refractivity contribution in [3.63, 3.8) is 0 Å². The van der Waals surface area contributed by atoms with Crippen LogP contribution in [0.4, 0.5) is 0 Å². The molecule has 2 fully saturated rings. The summed E-state index contributed by atoms with van der Waals surface area (Å²) in [5.74, 6) is 0.339. The number of halogens is 1. The molecular weight excluding hydrogens is 920 g/mol. The zero-order valence-electron chi connectivity index (χ0n) is 40.9. The van der Waals surface area contributed by atoms with Gasteiger partial charge in [0, 0.05) is 71.0 Å². The summed E-state index contributed by atoms with van der Waals surface area (Å²) in [6, 6.07) is 35.2. The summed E-state index contributed by atoms with van der Waals surface area (Å²) in [5, 5.41) is 16.5. The Balaban J connectivity index is 0.818. The smallest absolute Gasteiger partial charge is 0.246 e. The number of carbonyl (C=O) groups excluding carboxylic acids is 4. The first kappa shape index (κ1) is 52.0. The van der Waals surface area contributed by atoms with Crippen LogP contribution in [0.3, 0.4) is 0 Å².